The molecule has 4 heteroatoms. The molecule has 0 spiro atoms. The van der Waals surface area contributed by atoms with Crippen LogP contribution in [0.4, 0.5) is 0 Å². The molecule has 28 heavy (non-hydrogen) atoms. The Morgan fingerprint density at radius 3 is 1.89 bits per heavy atom. The average Bonchev–Trinajstić information content (AvgIpc) is 2.68. The third-order valence-electron chi connectivity index (χ3n) is 7.16. The predicted molar refractivity (Wildman–Crippen MR) is 106 cm³/mol. The minimum Gasteiger partial charge on any atom is -0.481 e. The largest absolute Gasteiger partial charge is 0.481 e. The molecule has 140 valence electrons. The fourth-order valence-electron chi connectivity index (χ4n) is 6.04. The molecule has 0 fully saturated rings. The molecule has 0 aromatic heterocycles. The highest BCUT2D eigenvalue weighted by Crippen LogP contribution is 2.65. The summed E-state index contributed by atoms with van der Waals surface area (Å²) in [5.74, 6) is -4.22. The van der Waals surface area contributed by atoms with Gasteiger partial charge in [-0.2, -0.15) is 0 Å². The molecule has 2 bridgehead atoms. The first-order valence-electron chi connectivity index (χ1n) is 9.41. The van der Waals surface area contributed by atoms with E-state index in [1.54, 1.807) is 0 Å². The van der Waals surface area contributed by atoms with E-state index in [0.717, 1.165) is 33.0 Å². The second kappa shape index (κ2) is 5.22. The van der Waals surface area contributed by atoms with E-state index in [0.29, 0.717) is 0 Å². The van der Waals surface area contributed by atoms with Gasteiger partial charge in [-0.15, -0.1) is 0 Å². The minimum atomic E-state index is -1.06. The van der Waals surface area contributed by atoms with Crippen molar-refractivity contribution in [3.8, 4) is 0 Å². The summed E-state index contributed by atoms with van der Waals surface area (Å²) >= 11 is 0. The number of carbonyl (C=O) groups is 2. The van der Waals surface area contributed by atoms with Crippen LogP contribution >= 0.6 is 0 Å². The highest BCUT2D eigenvalue weighted by Gasteiger charge is 2.66. The van der Waals surface area contributed by atoms with E-state index in [9.17, 15) is 19.8 Å². The van der Waals surface area contributed by atoms with Crippen LogP contribution in [0.1, 0.15) is 36.1 Å². The van der Waals surface area contributed by atoms with Crippen LogP contribution in [-0.4, -0.2) is 22.2 Å². The molecule has 0 radical (unpaired) electrons. The van der Waals surface area contributed by atoms with Gasteiger partial charge in [0.2, 0.25) is 0 Å². The molecule has 0 amide bonds. The molecule has 3 aromatic rings. The van der Waals surface area contributed by atoms with Gasteiger partial charge in [0.15, 0.2) is 0 Å². The Labute approximate surface area is 162 Å². The van der Waals surface area contributed by atoms with E-state index >= 15 is 0 Å². The van der Waals surface area contributed by atoms with Crippen LogP contribution in [0.25, 0.3) is 10.8 Å². The van der Waals surface area contributed by atoms with Crippen LogP contribution in [0, 0.1) is 11.8 Å². The fourth-order valence-corrected chi connectivity index (χ4v) is 6.04. The average molecular weight is 372 g/mol. The number of rotatable bonds is 2. The molecular weight excluding hydrogens is 352 g/mol. The molecular formula is C24H20O4. The fraction of sp³-hybridized carbons (Fsp3) is 0.250. The van der Waals surface area contributed by atoms with Crippen molar-refractivity contribution in [2.24, 2.45) is 11.8 Å². The van der Waals surface area contributed by atoms with Gasteiger partial charge in [0, 0.05) is 10.8 Å². The standard InChI is InChI=1S/C24H20O4/c1-23-15-9-5-6-10-16(15)24(2,20(22(27)28)19(23)21(25)26)18-14-8-4-3-7-13(14)11-12-17(18)23/h3-12,19-20H,1-2H3,(H,25,26)(H,27,28)/t19-,20+,23+,24+/m1/s1. The first-order chi connectivity index (χ1) is 13.3. The summed E-state index contributed by atoms with van der Waals surface area (Å²) < 4.78 is 0. The summed E-state index contributed by atoms with van der Waals surface area (Å²) in [5.41, 5.74) is 1.88. The lowest BCUT2D eigenvalue weighted by Crippen LogP contribution is -2.62. The third-order valence-corrected chi connectivity index (χ3v) is 7.16. The van der Waals surface area contributed by atoms with Crippen molar-refractivity contribution < 1.29 is 19.8 Å². The summed E-state index contributed by atoms with van der Waals surface area (Å²) in [7, 11) is 0. The van der Waals surface area contributed by atoms with Crippen LogP contribution in [0.2, 0.25) is 0 Å². The summed E-state index contributed by atoms with van der Waals surface area (Å²) in [4.78, 5) is 24.9. The quantitative estimate of drug-likeness (QED) is 0.708. The second-order valence-corrected chi connectivity index (χ2v) is 8.29. The predicted octanol–water partition coefficient (Wildman–Crippen LogP) is 4.18. The van der Waals surface area contributed by atoms with E-state index in [2.05, 4.69) is 0 Å². The van der Waals surface area contributed by atoms with Gasteiger partial charge in [0.1, 0.15) is 0 Å². The maximum Gasteiger partial charge on any atom is 0.308 e. The van der Waals surface area contributed by atoms with Gasteiger partial charge in [-0.1, -0.05) is 74.5 Å². The minimum absolute atomic E-state index is 0.914. The number of fused-ring (bicyclic) bond motifs is 2. The zero-order chi connectivity index (χ0) is 19.8. The van der Waals surface area contributed by atoms with Gasteiger partial charge in [-0.25, -0.2) is 0 Å². The molecule has 0 heterocycles. The van der Waals surface area contributed by atoms with Gasteiger partial charge >= 0.3 is 11.9 Å². The summed E-state index contributed by atoms with van der Waals surface area (Å²) in [5, 5.41) is 22.4. The number of carboxylic acids is 2. The van der Waals surface area contributed by atoms with Crippen molar-refractivity contribution in [1.29, 1.82) is 0 Å². The molecule has 3 aliphatic rings. The molecule has 4 atom stereocenters. The Morgan fingerprint density at radius 2 is 1.25 bits per heavy atom. The van der Waals surface area contributed by atoms with E-state index in [-0.39, 0.29) is 0 Å². The SMILES string of the molecule is C[C@]12c3ccccc3[C@@](C)(c3ccc4ccccc4c31)[C@@H](C(=O)O)[C@H]2C(=O)O. The van der Waals surface area contributed by atoms with Gasteiger partial charge in [-0.05, 0) is 33.0 Å². The number of aliphatic carboxylic acids is 2. The Hall–Kier alpha value is -3.14. The lowest BCUT2D eigenvalue weighted by atomic mass is 9.41. The third kappa shape index (κ3) is 1.71. The van der Waals surface area contributed by atoms with E-state index in [1.165, 1.54) is 0 Å². The molecule has 3 aliphatic carbocycles. The molecule has 6 rings (SSSR count). The molecule has 4 nitrogen and oxygen atoms in total. The number of carboxylic acid groups (broad SMARTS) is 2. The van der Waals surface area contributed by atoms with Gasteiger partial charge < -0.3 is 10.2 Å². The molecule has 0 aliphatic heterocycles. The number of hydrogen-bond donors (Lipinski definition) is 2. The Bertz CT molecular complexity index is 1180. The Morgan fingerprint density at radius 1 is 0.714 bits per heavy atom. The van der Waals surface area contributed by atoms with E-state index < -0.39 is 34.6 Å². The first-order valence-corrected chi connectivity index (χ1v) is 9.41. The zero-order valence-corrected chi connectivity index (χ0v) is 15.6. The monoisotopic (exact) mass is 372 g/mol. The lowest BCUT2D eigenvalue weighted by Gasteiger charge is -2.59. The van der Waals surface area contributed by atoms with Crippen molar-refractivity contribution >= 4 is 22.7 Å². The number of hydrogen-bond acceptors (Lipinski definition) is 2. The smallest absolute Gasteiger partial charge is 0.308 e. The highest BCUT2D eigenvalue weighted by atomic mass is 16.4. The summed E-state index contributed by atoms with van der Waals surface area (Å²) in [6.45, 7) is 3.80. The maximum absolute atomic E-state index is 12.5. The molecule has 3 aromatic carbocycles. The van der Waals surface area contributed by atoms with Crippen molar-refractivity contribution in [2.75, 3.05) is 0 Å². The molecule has 0 saturated heterocycles. The maximum atomic E-state index is 12.5. The van der Waals surface area contributed by atoms with Gasteiger partial charge in [-0.3, -0.25) is 9.59 Å². The Balaban J connectivity index is 2.04. The zero-order valence-electron chi connectivity index (χ0n) is 15.6. The Kier molecular flexibility index (Phi) is 3.17. The van der Waals surface area contributed by atoms with Crippen LogP contribution < -0.4 is 0 Å². The van der Waals surface area contributed by atoms with Crippen LogP contribution in [0.15, 0.2) is 60.7 Å². The highest BCUT2D eigenvalue weighted by molar-refractivity contribution is 5.96. The molecule has 2 N–H and O–H groups in total. The van der Waals surface area contributed by atoms with Crippen LogP contribution in [0.5, 0.6) is 0 Å². The normalized spacial score (nSPS) is 29.9. The van der Waals surface area contributed by atoms with E-state index in [1.807, 2.05) is 74.5 Å². The second-order valence-electron chi connectivity index (χ2n) is 8.29. The summed E-state index contributed by atoms with van der Waals surface area (Å²) in [6.07, 6.45) is 0. The first kappa shape index (κ1) is 17.0. The van der Waals surface area contributed by atoms with Crippen LogP contribution in [-0.2, 0) is 20.4 Å². The van der Waals surface area contributed by atoms with E-state index in [4.69, 9.17) is 0 Å². The molecule has 0 saturated carbocycles. The number of benzene rings is 3. The van der Waals surface area contributed by atoms with Crippen molar-refractivity contribution in [3.63, 3.8) is 0 Å². The van der Waals surface area contributed by atoms with Gasteiger partial charge in [0.05, 0.1) is 11.8 Å². The van der Waals surface area contributed by atoms with Gasteiger partial charge in [0.25, 0.3) is 0 Å². The topological polar surface area (TPSA) is 74.6 Å². The van der Waals surface area contributed by atoms with Crippen molar-refractivity contribution in [3.05, 3.63) is 82.9 Å². The molecule has 0 unspecified atom stereocenters. The van der Waals surface area contributed by atoms with Crippen molar-refractivity contribution in [2.45, 2.75) is 24.7 Å². The van der Waals surface area contributed by atoms with Crippen molar-refractivity contribution in [1.82, 2.24) is 0 Å². The summed E-state index contributed by atoms with van der Waals surface area (Å²) in [6, 6.07) is 19.7. The lowest BCUT2D eigenvalue weighted by molar-refractivity contribution is -0.160. The van der Waals surface area contributed by atoms with Crippen LogP contribution in [0.3, 0.4) is 0 Å².